The lowest BCUT2D eigenvalue weighted by molar-refractivity contribution is -0.120. The molecule has 0 heterocycles. The zero-order chi connectivity index (χ0) is 15.0. The SMILES string of the molecule is CCCNc1ccccc1C(=O)NCC(=O)NC(C)C. The molecule has 0 saturated heterocycles. The summed E-state index contributed by atoms with van der Waals surface area (Å²) in [6.07, 6.45) is 0.979. The summed E-state index contributed by atoms with van der Waals surface area (Å²) in [5.41, 5.74) is 1.34. The Morgan fingerprint density at radius 2 is 1.90 bits per heavy atom. The highest BCUT2D eigenvalue weighted by molar-refractivity contribution is 6.01. The lowest BCUT2D eigenvalue weighted by atomic mass is 10.1. The van der Waals surface area contributed by atoms with E-state index in [1.54, 1.807) is 12.1 Å². The molecule has 0 aliphatic carbocycles. The maximum Gasteiger partial charge on any atom is 0.253 e. The topological polar surface area (TPSA) is 70.2 Å². The van der Waals surface area contributed by atoms with Crippen molar-refractivity contribution in [1.29, 1.82) is 0 Å². The lowest BCUT2D eigenvalue weighted by Crippen LogP contribution is -2.39. The van der Waals surface area contributed by atoms with Gasteiger partial charge in [-0.15, -0.1) is 0 Å². The molecule has 20 heavy (non-hydrogen) atoms. The number of benzene rings is 1. The molecule has 5 heteroatoms. The summed E-state index contributed by atoms with van der Waals surface area (Å²) < 4.78 is 0. The molecule has 0 radical (unpaired) electrons. The number of amides is 2. The standard InChI is InChI=1S/C15H23N3O2/c1-4-9-16-13-8-6-5-7-12(13)15(20)17-10-14(19)18-11(2)3/h5-8,11,16H,4,9-10H2,1-3H3,(H,17,20)(H,18,19). The third kappa shape index (κ3) is 5.30. The van der Waals surface area contributed by atoms with E-state index >= 15 is 0 Å². The Labute approximate surface area is 120 Å². The second-order valence-corrected chi connectivity index (χ2v) is 4.88. The van der Waals surface area contributed by atoms with Crippen LogP contribution in [-0.4, -0.2) is 30.9 Å². The van der Waals surface area contributed by atoms with E-state index in [1.807, 2.05) is 26.0 Å². The van der Waals surface area contributed by atoms with Crippen LogP contribution in [0.1, 0.15) is 37.6 Å². The monoisotopic (exact) mass is 277 g/mol. The quantitative estimate of drug-likeness (QED) is 0.711. The molecule has 1 aromatic rings. The van der Waals surface area contributed by atoms with Gasteiger partial charge in [-0.05, 0) is 32.4 Å². The molecule has 0 saturated carbocycles. The summed E-state index contributed by atoms with van der Waals surface area (Å²) in [4.78, 5) is 23.6. The molecule has 2 amide bonds. The van der Waals surface area contributed by atoms with Crippen LogP contribution >= 0.6 is 0 Å². The van der Waals surface area contributed by atoms with Gasteiger partial charge >= 0.3 is 0 Å². The minimum atomic E-state index is -0.247. The number of carbonyl (C=O) groups excluding carboxylic acids is 2. The van der Waals surface area contributed by atoms with E-state index in [2.05, 4.69) is 22.9 Å². The highest BCUT2D eigenvalue weighted by atomic mass is 16.2. The van der Waals surface area contributed by atoms with E-state index in [4.69, 9.17) is 0 Å². The largest absolute Gasteiger partial charge is 0.384 e. The third-order valence-corrected chi connectivity index (χ3v) is 2.60. The maximum atomic E-state index is 12.1. The number of hydrogen-bond acceptors (Lipinski definition) is 3. The van der Waals surface area contributed by atoms with Crippen LogP contribution < -0.4 is 16.0 Å². The molecular weight excluding hydrogens is 254 g/mol. The Bertz CT molecular complexity index is 458. The van der Waals surface area contributed by atoms with E-state index in [1.165, 1.54) is 0 Å². The summed E-state index contributed by atoms with van der Waals surface area (Å²) in [5.74, 6) is -0.435. The van der Waals surface area contributed by atoms with E-state index in [0.29, 0.717) is 5.56 Å². The molecule has 3 N–H and O–H groups in total. The summed E-state index contributed by atoms with van der Waals surface area (Å²) in [7, 11) is 0. The van der Waals surface area contributed by atoms with Crippen LogP contribution in [0.2, 0.25) is 0 Å². The highest BCUT2D eigenvalue weighted by Gasteiger charge is 2.12. The van der Waals surface area contributed by atoms with Crippen molar-refractivity contribution in [3.8, 4) is 0 Å². The molecule has 0 unspecified atom stereocenters. The minimum Gasteiger partial charge on any atom is -0.384 e. The van der Waals surface area contributed by atoms with Gasteiger partial charge < -0.3 is 16.0 Å². The first-order chi connectivity index (χ1) is 9.54. The van der Waals surface area contributed by atoms with Crippen molar-refractivity contribution < 1.29 is 9.59 Å². The van der Waals surface area contributed by atoms with Crippen molar-refractivity contribution in [1.82, 2.24) is 10.6 Å². The van der Waals surface area contributed by atoms with Gasteiger partial charge in [0, 0.05) is 18.3 Å². The average Bonchev–Trinajstić information content (AvgIpc) is 2.42. The van der Waals surface area contributed by atoms with Crippen LogP contribution in [0.3, 0.4) is 0 Å². The fraction of sp³-hybridized carbons (Fsp3) is 0.467. The van der Waals surface area contributed by atoms with Gasteiger partial charge in [-0.2, -0.15) is 0 Å². The smallest absolute Gasteiger partial charge is 0.253 e. The van der Waals surface area contributed by atoms with Crippen molar-refractivity contribution >= 4 is 17.5 Å². The normalized spacial score (nSPS) is 10.2. The fourth-order valence-electron chi connectivity index (χ4n) is 1.72. The summed E-state index contributed by atoms with van der Waals surface area (Å²) in [6, 6.07) is 7.35. The average molecular weight is 277 g/mol. The fourth-order valence-corrected chi connectivity index (χ4v) is 1.72. The van der Waals surface area contributed by atoms with Gasteiger partial charge in [-0.25, -0.2) is 0 Å². The molecule has 0 aliphatic rings. The number of nitrogens with one attached hydrogen (secondary N) is 3. The molecule has 1 rings (SSSR count). The van der Waals surface area contributed by atoms with Gasteiger partial charge in [0.05, 0.1) is 12.1 Å². The van der Waals surface area contributed by atoms with Crippen LogP contribution in [0.4, 0.5) is 5.69 Å². The Morgan fingerprint density at radius 3 is 2.55 bits per heavy atom. The first-order valence-electron chi connectivity index (χ1n) is 6.95. The number of hydrogen-bond donors (Lipinski definition) is 3. The summed E-state index contributed by atoms with van der Waals surface area (Å²) in [5, 5.41) is 8.56. The molecule has 0 spiro atoms. The Balaban J connectivity index is 2.61. The van der Waals surface area contributed by atoms with E-state index in [9.17, 15) is 9.59 Å². The molecule has 5 nitrogen and oxygen atoms in total. The first kappa shape index (κ1) is 16.0. The summed E-state index contributed by atoms with van der Waals surface area (Å²) in [6.45, 7) is 6.61. The predicted molar refractivity (Wildman–Crippen MR) is 80.8 cm³/mol. The van der Waals surface area contributed by atoms with Gasteiger partial charge in [0.2, 0.25) is 5.91 Å². The zero-order valence-electron chi connectivity index (χ0n) is 12.3. The second-order valence-electron chi connectivity index (χ2n) is 4.88. The molecule has 110 valence electrons. The molecule has 0 fully saturated rings. The van der Waals surface area contributed by atoms with Crippen molar-refractivity contribution in [3.63, 3.8) is 0 Å². The highest BCUT2D eigenvalue weighted by Crippen LogP contribution is 2.14. The Kier molecular flexibility index (Phi) is 6.56. The third-order valence-electron chi connectivity index (χ3n) is 2.60. The van der Waals surface area contributed by atoms with Gasteiger partial charge in [0.25, 0.3) is 5.91 Å². The van der Waals surface area contributed by atoms with E-state index < -0.39 is 0 Å². The Morgan fingerprint density at radius 1 is 1.20 bits per heavy atom. The number of anilines is 1. The molecule has 0 atom stereocenters. The van der Waals surface area contributed by atoms with E-state index in [-0.39, 0.29) is 24.4 Å². The van der Waals surface area contributed by atoms with Gasteiger partial charge in [-0.1, -0.05) is 19.1 Å². The minimum absolute atomic E-state index is 0.0148. The van der Waals surface area contributed by atoms with Crippen molar-refractivity contribution in [2.45, 2.75) is 33.2 Å². The summed E-state index contributed by atoms with van der Waals surface area (Å²) >= 11 is 0. The van der Waals surface area contributed by atoms with Gasteiger partial charge in [0.1, 0.15) is 0 Å². The number of carbonyl (C=O) groups is 2. The molecule has 1 aromatic carbocycles. The maximum absolute atomic E-state index is 12.1. The Hall–Kier alpha value is -2.04. The van der Waals surface area contributed by atoms with Crippen molar-refractivity contribution in [3.05, 3.63) is 29.8 Å². The van der Waals surface area contributed by atoms with Crippen molar-refractivity contribution in [2.24, 2.45) is 0 Å². The number of rotatable bonds is 7. The second kappa shape index (κ2) is 8.19. The van der Waals surface area contributed by atoms with E-state index in [0.717, 1.165) is 18.7 Å². The van der Waals surface area contributed by atoms with Crippen LogP contribution in [0.15, 0.2) is 24.3 Å². The van der Waals surface area contributed by atoms with Gasteiger partial charge in [0.15, 0.2) is 0 Å². The molecule has 0 aromatic heterocycles. The molecule has 0 bridgehead atoms. The van der Waals surface area contributed by atoms with Gasteiger partial charge in [-0.3, -0.25) is 9.59 Å². The lowest BCUT2D eigenvalue weighted by Gasteiger charge is -2.12. The van der Waals surface area contributed by atoms with Crippen molar-refractivity contribution in [2.75, 3.05) is 18.4 Å². The van der Waals surface area contributed by atoms with Crippen LogP contribution in [0.25, 0.3) is 0 Å². The zero-order valence-corrected chi connectivity index (χ0v) is 12.3. The van der Waals surface area contributed by atoms with Crippen LogP contribution in [0.5, 0.6) is 0 Å². The number of para-hydroxylation sites is 1. The van der Waals surface area contributed by atoms with Crippen LogP contribution in [-0.2, 0) is 4.79 Å². The molecule has 0 aliphatic heterocycles. The predicted octanol–water partition coefficient (Wildman–Crippen LogP) is 1.76. The first-order valence-corrected chi connectivity index (χ1v) is 6.95. The molecular formula is C15H23N3O2. The van der Waals surface area contributed by atoms with Crippen LogP contribution in [0, 0.1) is 0 Å².